The minimum absolute atomic E-state index is 0.0421. The first-order chi connectivity index (χ1) is 9.00. The summed E-state index contributed by atoms with van der Waals surface area (Å²) in [5.41, 5.74) is 5.86. The topological polar surface area (TPSA) is 107 Å². The average molecular weight is 332 g/mol. The van der Waals surface area contributed by atoms with E-state index in [-0.39, 0.29) is 12.3 Å². The van der Waals surface area contributed by atoms with Gasteiger partial charge in [0.15, 0.2) is 0 Å². The van der Waals surface area contributed by atoms with Crippen molar-refractivity contribution in [3.05, 3.63) is 38.3 Å². The maximum atomic E-state index is 10.6. The number of halogens is 1. The lowest BCUT2D eigenvalue weighted by Gasteiger charge is -2.07. The lowest BCUT2D eigenvalue weighted by molar-refractivity contribution is -0.384. The van der Waals surface area contributed by atoms with Crippen molar-refractivity contribution in [3.63, 3.8) is 0 Å². The molecule has 0 fully saturated rings. The number of hydrogen-bond donors (Lipinski definition) is 2. The number of nitro groups is 1. The van der Waals surface area contributed by atoms with Gasteiger partial charge < -0.3 is 15.8 Å². The van der Waals surface area contributed by atoms with Gasteiger partial charge >= 0.3 is 0 Å². The second kappa shape index (κ2) is 7.82. The van der Waals surface area contributed by atoms with E-state index in [1.54, 1.807) is 6.07 Å². The van der Waals surface area contributed by atoms with E-state index in [0.717, 1.165) is 5.56 Å². The molecule has 1 aromatic rings. The van der Waals surface area contributed by atoms with Crippen molar-refractivity contribution in [3.8, 4) is 0 Å². The Morgan fingerprint density at radius 1 is 1.53 bits per heavy atom. The van der Waals surface area contributed by atoms with Gasteiger partial charge in [0.05, 0.1) is 11.5 Å². The fourth-order valence-electron chi connectivity index (χ4n) is 1.33. The molecule has 0 radical (unpaired) electrons. The van der Waals surface area contributed by atoms with Crippen LogP contribution in [0, 0.1) is 10.1 Å². The molecule has 1 aromatic carbocycles. The summed E-state index contributed by atoms with van der Waals surface area (Å²) in [7, 11) is 0. The number of nitrogens with zero attached hydrogens (tertiary/aromatic N) is 1. The zero-order chi connectivity index (χ0) is 14.3. The van der Waals surface area contributed by atoms with Gasteiger partial charge in [-0.2, -0.15) is 0 Å². The summed E-state index contributed by atoms with van der Waals surface area (Å²) < 4.78 is 5.65. The Balaban J connectivity index is 2.33. The number of hydrogen-bond acceptors (Lipinski definition) is 5. The molecule has 1 amide bonds. The molecule has 0 unspecified atom stereocenters. The number of rotatable bonds is 8. The number of nitrogens with two attached hydrogens (primary N) is 1. The second-order valence-electron chi connectivity index (χ2n) is 3.73. The fraction of sp³-hybridized carbons (Fsp3) is 0.364. The highest BCUT2D eigenvalue weighted by atomic mass is 79.9. The Hall–Kier alpha value is -1.51. The molecule has 8 heteroatoms. The van der Waals surface area contributed by atoms with Crippen LogP contribution in [-0.4, -0.2) is 30.6 Å². The van der Waals surface area contributed by atoms with Crippen LogP contribution in [0.15, 0.2) is 22.7 Å². The number of carbonyl (C=O) groups excluding carboxylic acids is 1. The highest BCUT2D eigenvalue weighted by Crippen LogP contribution is 2.22. The molecule has 0 aromatic heterocycles. The highest BCUT2D eigenvalue weighted by Gasteiger charge is 2.08. The molecule has 7 nitrogen and oxygen atoms in total. The van der Waals surface area contributed by atoms with Gasteiger partial charge in [0, 0.05) is 29.7 Å². The van der Waals surface area contributed by atoms with E-state index >= 15 is 0 Å². The standard InChI is InChI=1S/C11H14BrN3O4/c12-10-5-9(15(17)18)2-1-8(10)6-14-3-4-19-7-11(13)16/h1-2,5,14H,3-4,6-7H2,(H2,13,16). The molecule has 0 heterocycles. The Labute approximate surface area is 118 Å². The molecule has 0 bridgehead atoms. The summed E-state index contributed by atoms with van der Waals surface area (Å²) in [6, 6.07) is 4.59. The molecule has 0 aliphatic rings. The molecule has 1 rings (SSSR count). The van der Waals surface area contributed by atoms with E-state index in [1.807, 2.05) is 0 Å². The first kappa shape index (κ1) is 15.5. The van der Waals surface area contributed by atoms with Crippen molar-refractivity contribution in [2.45, 2.75) is 6.54 Å². The fourth-order valence-corrected chi connectivity index (χ4v) is 1.84. The number of benzene rings is 1. The van der Waals surface area contributed by atoms with Gasteiger partial charge in [0.1, 0.15) is 6.61 Å². The van der Waals surface area contributed by atoms with Gasteiger partial charge in [-0.15, -0.1) is 0 Å². The van der Waals surface area contributed by atoms with Crippen LogP contribution in [0.4, 0.5) is 5.69 Å². The van der Waals surface area contributed by atoms with E-state index in [4.69, 9.17) is 10.5 Å². The SMILES string of the molecule is NC(=O)COCCNCc1ccc([N+](=O)[O-])cc1Br. The van der Waals surface area contributed by atoms with Crippen molar-refractivity contribution in [2.75, 3.05) is 19.8 Å². The van der Waals surface area contributed by atoms with E-state index in [0.29, 0.717) is 24.2 Å². The first-order valence-corrected chi connectivity index (χ1v) is 6.29. The predicted octanol–water partition coefficient (Wildman–Crippen LogP) is 0.949. The van der Waals surface area contributed by atoms with Gasteiger partial charge in [-0.25, -0.2) is 0 Å². The number of primary amides is 1. The molecule has 0 aliphatic heterocycles. The van der Waals surface area contributed by atoms with Gasteiger partial charge in [0.25, 0.3) is 5.69 Å². The van der Waals surface area contributed by atoms with Crippen molar-refractivity contribution < 1.29 is 14.5 Å². The number of carbonyl (C=O) groups is 1. The quantitative estimate of drug-likeness (QED) is 0.419. The average Bonchev–Trinajstić information content (AvgIpc) is 2.34. The third-order valence-electron chi connectivity index (χ3n) is 2.23. The Morgan fingerprint density at radius 2 is 2.26 bits per heavy atom. The van der Waals surface area contributed by atoms with Crippen LogP contribution >= 0.6 is 15.9 Å². The summed E-state index contributed by atoms with van der Waals surface area (Å²) in [4.78, 5) is 20.5. The normalized spacial score (nSPS) is 10.4. The molecule has 0 atom stereocenters. The minimum atomic E-state index is -0.502. The zero-order valence-electron chi connectivity index (χ0n) is 10.1. The lowest BCUT2D eigenvalue weighted by Crippen LogP contribution is -2.23. The molecule has 0 saturated heterocycles. The Bertz CT molecular complexity index is 467. The van der Waals surface area contributed by atoms with Crippen molar-refractivity contribution in [1.29, 1.82) is 0 Å². The first-order valence-electron chi connectivity index (χ1n) is 5.50. The number of non-ortho nitro benzene ring substituents is 1. The monoisotopic (exact) mass is 331 g/mol. The zero-order valence-corrected chi connectivity index (χ0v) is 11.7. The molecule has 0 aliphatic carbocycles. The van der Waals surface area contributed by atoms with Crippen molar-refractivity contribution in [2.24, 2.45) is 5.73 Å². The lowest BCUT2D eigenvalue weighted by atomic mass is 10.2. The predicted molar refractivity (Wildman–Crippen MR) is 72.5 cm³/mol. The molecular weight excluding hydrogens is 318 g/mol. The smallest absolute Gasteiger partial charge is 0.270 e. The van der Waals surface area contributed by atoms with Gasteiger partial charge in [0.2, 0.25) is 5.91 Å². The van der Waals surface area contributed by atoms with Gasteiger partial charge in [-0.3, -0.25) is 14.9 Å². The molecule has 19 heavy (non-hydrogen) atoms. The van der Waals surface area contributed by atoms with Crippen molar-refractivity contribution in [1.82, 2.24) is 5.32 Å². The third-order valence-corrected chi connectivity index (χ3v) is 2.97. The van der Waals surface area contributed by atoms with Gasteiger partial charge in [-0.1, -0.05) is 15.9 Å². The van der Waals surface area contributed by atoms with E-state index in [1.165, 1.54) is 12.1 Å². The maximum absolute atomic E-state index is 10.6. The maximum Gasteiger partial charge on any atom is 0.270 e. The van der Waals surface area contributed by atoms with Crippen LogP contribution in [-0.2, 0) is 16.1 Å². The number of nitrogens with one attached hydrogen (secondary N) is 1. The molecule has 0 spiro atoms. The summed E-state index contributed by atoms with van der Waals surface area (Å²) in [5, 5.41) is 13.7. The molecule has 104 valence electrons. The van der Waals surface area contributed by atoms with Crippen molar-refractivity contribution >= 4 is 27.5 Å². The highest BCUT2D eigenvalue weighted by molar-refractivity contribution is 9.10. The third kappa shape index (κ3) is 5.77. The summed E-state index contributed by atoms with van der Waals surface area (Å²) in [6.07, 6.45) is 0. The minimum Gasteiger partial charge on any atom is -0.370 e. The number of amides is 1. The van der Waals surface area contributed by atoms with Crippen LogP contribution in [0.2, 0.25) is 0 Å². The van der Waals surface area contributed by atoms with Crippen LogP contribution in [0.25, 0.3) is 0 Å². The molecule has 0 saturated carbocycles. The Morgan fingerprint density at radius 3 is 2.84 bits per heavy atom. The van der Waals surface area contributed by atoms with Crippen LogP contribution < -0.4 is 11.1 Å². The summed E-state index contributed by atoms with van der Waals surface area (Å²) >= 11 is 3.28. The molecule has 3 N–H and O–H groups in total. The second-order valence-corrected chi connectivity index (χ2v) is 4.58. The number of ether oxygens (including phenoxy) is 1. The molecular formula is C11H14BrN3O4. The summed E-state index contributed by atoms with van der Waals surface area (Å²) in [6.45, 7) is 1.37. The van der Waals surface area contributed by atoms with Crippen LogP contribution in [0.5, 0.6) is 0 Å². The van der Waals surface area contributed by atoms with Gasteiger partial charge in [-0.05, 0) is 11.6 Å². The van der Waals surface area contributed by atoms with E-state index in [2.05, 4.69) is 21.2 Å². The van der Waals surface area contributed by atoms with Crippen LogP contribution in [0.3, 0.4) is 0 Å². The summed E-state index contributed by atoms with van der Waals surface area (Å²) in [5.74, 6) is -0.502. The number of nitro benzene ring substituents is 1. The van der Waals surface area contributed by atoms with E-state index in [9.17, 15) is 14.9 Å². The van der Waals surface area contributed by atoms with Crippen LogP contribution in [0.1, 0.15) is 5.56 Å². The largest absolute Gasteiger partial charge is 0.370 e. The van der Waals surface area contributed by atoms with E-state index < -0.39 is 10.8 Å². The Kier molecular flexibility index (Phi) is 6.40.